The first-order valence-electron chi connectivity index (χ1n) is 13.1. The van der Waals surface area contributed by atoms with E-state index >= 15 is 0 Å². The van der Waals surface area contributed by atoms with Gasteiger partial charge >= 0.3 is 0 Å². The van der Waals surface area contributed by atoms with Gasteiger partial charge in [0.15, 0.2) is 0 Å². The molecule has 178 valence electrons. The first-order valence-corrected chi connectivity index (χ1v) is 13.1. The van der Waals surface area contributed by atoms with E-state index in [1.54, 1.807) is 0 Å². The van der Waals surface area contributed by atoms with Crippen LogP contribution in [0.4, 0.5) is 5.82 Å². The number of carbonyl (C=O) groups excluding carboxylic acids is 1. The van der Waals surface area contributed by atoms with Crippen LogP contribution in [-0.4, -0.2) is 21.6 Å². The highest BCUT2D eigenvalue weighted by atomic mass is 16.1. The van der Waals surface area contributed by atoms with Crippen molar-refractivity contribution in [2.45, 2.75) is 50.0 Å². The third-order valence-electron chi connectivity index (χ3n) is 9.57. The number of anilines is 1. The number of nitrogens with one attached hydrogen (secondary N) is 1. The molecule has 5 aliphatic rings. The van der Waals surface area contributed by atoms with E-state index < -0.39 is 5.41 Å². The molecule has 3 aromatic rings. The molecule has 0 saturated heterocycles. The van der Waals surface area contributed by atoms with Crippen molar-refractivity contribution < 1.29 is 4.79 Å². The molecule has 5 atom stereocenters. The molecule has 5 heteroatoms. The average Bonchev–Trinajstić information content (AvgIpc) is 3.65. The first-order chi connectivity index (χ1) is 17.1. The molecule has 5 aliphatic carbocycles. The minimum Gasteiger partial charge on any atom is -0.369 e. The fourth-order valence-corrected chi connectivity index (χ4v) is 8.65. The van der Waals surface area contributed by atoms with Crippen LogP contribution in [0.15, 0.2) is 72.8 Å². The third-order valence-corrected chi connectivity index (χ3v) is 9.57. The molecule has 1 amide bonds. The molecule has 1 aromatic heterocycles. The standard InChI is InChI=1S/C30H32N4O/c31-28(35)29-15-19-13-20(16-29)18-30(17-19,27(29)24-14-23(24)21-7-3-1-4-8-21)32-26-12-11-25(33-34-26)22-9-5-2-6-10-22/h1-12,19-20,23-24,27H,13-18H2,(H2,31,35)(H,32,34)/t19?,20?,23-,24-,27?,29?,30?/m1/s1. The minimum atomic E-state index is -0.400. The Hall–Kier alpha value is -3.21. The van der Waals surface area contributed by atoms with Crippen molar-refractivity contribution in [3.8, 4) is 11.3 Å². The van der Waals surface area contributed by atoms with E-state index in [0.717, 1.165) is 49.2 Å². The molecular weight excluding hydrogens is 432 g/mol. The van der Waals surface area contributed by atoms with Crippen LogP contribution in [-0.2, 0) is 4.79 Å². The van der Waals surface area contributed by atoms with Crippen molar-refractivity contribution in [3.63, 3.8) is 0 Å². The summed E-state index contributed by atoms with van der Waals surface area (Å²) in [5, 5.41) is 13.1. The molecule has 5 fully saturated rings. The average molecular weight is 465 g/mol. The summed E-state index contributed by atoms with van der Waals surface area (Å²) in [6, 6.07) is 25.1. The molecular formula is C30H32N4O. The number of nitrogens with two attached hydrogens (primary N) is 1. The summed E-state index contributed by atoms with van der Waals surface area (Å²) in [5.74, 6) is 3.09. The molecule has 1 heterocycles. The second-order valence-electron chi connectivity index (χ2n) is 11.7. The van der Waals surface area contributed by atoms with Gasteiger partial charge in [-0.1, -0.05) is 60.7 Å². The van der Waals surface area contributed by atoms with Crippen LogP contribution in [0.25, 0.3) is 11.3 Å². The van der Waals surface area contributed by atoms with E-state index in [9.17, 15) is 4.79 Å². The van der Waals surface area contributed by atoms with Crippen LogP contribution in [0.2, 0.25) is 0 Å². The number of carbonyl (C=O) groups is 1. The smallest absolute Gasteiger partial charge is 0.224 e. The maximum Gasteiger partial charge on any atom is 0.224 e. The summed E-state index contributed by atoms with van der Waals surface area (Å²) < 4.78 is 0. The number of hydrogen-bond donors (Lipinski definition) is 2. The van der Waals surface area contributed by atoms with Gasteiger partial charge in [0, 0.05) is 11.1 Å². The largest absolute Gasteiger partial charge is 0.369 e. The Bertz CT molecular complexity index is 1230. The fourth-order valence-electron chi connectivity index (χ4n) is 8.65. The van der Waals surface area contributed by atoms with E-state index in [0.29, 0.717) is 23.7 Å². The van der Waals surface area contributed by atoms with E-state index in [2.05, 4.69) is 64.0 Å². The molecule has 0 radical (unpaired) electrons. The summed E-state index contributed by atoms with van der Waals surface area (Å²) >= 11 is 0. The zero-order valence-electron chi connectivity index (χ0n) is 19.9. The highest BCUT2D eigenvalue weighted by molar-refractivity contribution is 5.82. The number of hydrogen-bond acceptors (Lipinski definition) is 4. The summed E-state index contributed by atoms with van der Waals surface area (Å²) in [6.07, 6.45) is 6.50. The van der Waals surface area contributed by atoms with Gasteiger partial charge in [-0.15, -0.1) is 10.2 Å². The first kappa shape index (κ1) is 21.1. The maximum atomic E-state index is 13.2. The highest BCUT2D eigenvalue weighted by Gasteiger charge is 2.70. The summed E-state index contributed by atoms with van der Waals surface area (Å²) in [5.41, 5.74) is 9.07. The molecule has 8 rings (SSSR count). The molecule has 0 spiro atoms. The molecule has 5 nitrogen and oxygen atoms in total. The van der Waals surface area contributed by atoms with E-state index in [-0.39, 0.29) is 17.4 Å². The lowest BCUT2D eigenvalue weighted by Gasteiger charge is -2.66. The molecule has 5 saturated carbocycles. The molecule has 35 heavy (non-hydrogen) atoms. The van der Waals surface area contributed by atoms with Crippen LogP contribution in [0, 0.1) is 29.1 Å². The van der Waals surface area contributed by atoms with E-state index in [1.807, 2.05) is 24.3 Å². The molecule has 3 unspecified atom stereocenters. The van der Waals surface area contributed by atoms with Gasteiger partial charge in [0.2, 0.25) is 5.91 Å². The molecule has 0 aliphatic heterocycles. The van der Waals surface area contributed by atoms with Gasteiger partial charge < -0.3 is 11.1 Å². The van der Waals surface area contributed by atoms with Gasteiger partial charge in [-0.2, -0.15) is 0 Å². The van der Waals surface area contributed by atoms with Crippen molar-refractivity contribution in [2.24, 2.45) is 34.8 Å². The Morgan fingerprint density at radius 2 is 1.51 bits per heavy atom. The zero-order chi connectivity index (χ0) is 23.6. The topological polar surface area (TPSA) is 80.9 Å². The number of aromatic nitrogens is 2. The van der Waals surface area contributed by atoms with Crippen LogP contribution in [0.3, 0.4) is 0 Å². The quantitative estimate of drug-likeness (QED) is 0.511. The summed E-state index contributed by atoms with van der Waals surface area (Å²) in [7, 11) is 0. The predicted molar refractivity (Wildman–Crippen MR) is 136 cm³/mol. The summed E-state index contributed by atoms with van der Waals surface area (Å²) in [4.78, 5) is 13.2. The normalized spacial score (nSPS) is 36.6. The SMILES string of the molecule is NC(=O)C12CC3CC(CC(Nc4ccc(-c5ccccc5)nn4)(C3)C1[C@@H]1C[C@@H]1c1ccccc1)C2. The van der Waals surface area contributed by atoms with Gasteiger partial charge in [-0.3, -0.25) is 4.79 Å². The van der Waals surface area contributed by atoms with Crippen molar-refractivity contribution in [2.75, 3.05) is 5.32 Å². The van der Waals surface area contributed by atoms with Crippen molar-refractivity contribution in [1.82, 2.24) is 10.2 Å². The Kier molecular flexibility index (Phi) is 4.61. The van der Waals surface area contributed by atoms with Crippen LogP contribution in [0.1, 0.15) is 50.0 Å². The van der Waals surface area contributed by atoms with Crippen molar-refractivity contribution in [3.05, 3.63) is 78.4 Å². The van der Waals surface area contributed by atoms with Crippen molar-refractivity contribution >= 4 is 11.7 Å². The van der Waals surface area contributed by atoms with Gasteiger partial charge in [-0.25, -0.2) is 0 Å². The second-order valence-corrected chi connectivity index (χ2v) is 11.7. The van der Waals surface area contributed by atoms with Gasteiger partial charge in [0.25, 0.3) is 0 Å². The van der Waals surface area contributed by atoms with Gasteiger partial charge in [0.1, 0.15) is 5.82 Å². The molecule has 3 N–H and O–H groups in total. The van der Waals surface area contributed by atoms with Crippen LogP contribution >= 0.6 is 0 Å². The Morgan fingerprint density at radius 1 is 0.829 bits per heavy atom. The Morgan fingerprint density at radius 3 is 2.14 bits per heavy atom. The zero-order valence-corrected chi connectivity index (χ0v) is 19.9. The summed E-state index contributed by atoms with van der Waals surface area (Å²) in [6.45, 7) is 0. The van der Waals surface area contributed by atoms with E-state index in [4.69, 9.17) is 5.73 Å². The highest BCUT2D eigenvalue weighted by Crippen LogP contribution is 2.72. The second kappa shape index (κ2) is 7.64. The number of nitrogens with zero attached hydrogens (tertiary/aromatic N) is 2. The van der Waals surface area contributed by atoms with Crippen molar-refractivity contribution in [1.29, 1.82) is 0 Å². The molecule has 2 aromatic carbocycles. The number of amides is 1. The number of primary amides is 1. The lowest BCUT2D eigenvalue weighted by atomic mass is 9.41. The third kappa shape index (κ3) is 3.31. The lowest BCUT2D eigenvalue weighted by Crippen LogP contribution is -2.69. The lowest BCUT2D eigenvalue weighted by molar-refractivity contribution is -0.161. The molecule has 4 bridgehead atoms. The van der Waals surface area contributed by atoms with E-state index in [1.165, 1.54) is 12.0 Å². The number of rotatable bonds is 6. The maximum absolute atomic E-state index is 13.2. The van der Waals surface area contributed by atoms with Crippen LogP contribution < -0.4 is 11.1 Å². The monoisotopic (exact) mass is 464 g/mol. The fraction of sp³-hybridized carbons (Fsp3) is 0.433. The predicted octanol–water partition coefficient (Wildman–Crippen LogP) is 5.41. The minimum absolute atomic E-state index is 0.0769. The van der Waals surface area contributed by atoms with Gasteiger partial charge in [-0.05, 0) is 85.8 Å². The van der Waals surface area contributed by atoms with Gasteiger partial charge in [0.05, 0.1) is 11.1 Å². The Labute approximate surface area is 206 Å². The van der Waals surface area contributed by atoms with Crippen LogP contribution in [0.5, 0.6) is 0 Å². The Balaban J connectivity index is 1.24. The number of benzene rings is 2.